The van der Waals surface area contributed by atoms with Gasteiger partial charge in [0.25, 0.3) is 0 Å². The van der Waals surface area contributed by atoms with Crippen molar-refractivity contribution >= 4 is 23.2 Å². The first-order valence-corrected chi connectivity index (χ1v) is 11.0. The molecule has 4 rings (SSSR count). The first kappa shape index (κ1) is 20.3. The fourth-order valence-electron chi connectivity index (χ4n) is 4.02. The molecule has 1 unspecified atom stereocenters. The third kappa shape index (κ3) is 4.28. The van der Waals surface area contributed by atoms with Crippen molar-refractivity contribution in [2.45, 2.75) is 26.3 Å². The molecule has 2 aromatic heterocycles. The van der Waals surface area contributed by atoms with Crippen LogP contribution in [0.1, 0.15) is 18.9 Å². The number of thiophene rings is 1. The molecule has 3 aromatic rings. The van der Waals surface area contributed by atoms with Gasteiger partial charge in [0.15, 0.2) is 0 Å². The highest BCUT2D eigenvalue weighted by Crippen LogP contribution is 2.35. The van der Waals surface area contributed by atoms with E-state index in [-0.39, 0.29) is 18.4 Å². The molecule has 8 heteroatoms. The molecule has 0 bridgehead atoms. The lowest BCUT2D eigenvalue weighted by molar-refractivity contribution is -0.133. The Kier molecular flexibility index (Phi) is 5.94. The minimum atomic E-state index is -0.613. The molecule has 1 aromatic carbocycles. The summed E-state index contributed by atoms with van der Waals surface area (Å²) in [7, 11) is 0. The van der Waals surface area contributed by atoms with Gasteiger partial charge in [-0.1, -0.05) is 30.3 Å². The molecule has 0 radical (unpaired) electrons. The zero-order valence-corrected chi connectivity index (χ0v) is 17.8. The van der Waals surface area contributed by atoms with Crippen LogP contribution in [0.15, 0.2) is 54.4 Å². The average molecular weight is 424 g/mol. The molecule has 1 saturated heterocycles. The number of carbonyl (C=O) groups excluding carboxylic acids is 2. The lowest BCUT2D eigenvalue weighted by atomic mass is 9.79. The molecule has 1 N–H and O–H groups in total. The zero-order valence-electron chi connectivity index (χ0n) is 17.0. The van der Waals surface area contributed by atoms with E-state index in [1.54, 1.807) is 16.2 Å². The number of aromatic nitrogens is 3. The summed E-state index contributed by atoms with van der Waals surface area (Å²) in [6.45, 7) is 3.62. The molecule has 2 amide bonds. The van der Waals surface area contributed by atoms with Crippen molar-refractivity contribution in [2.24, 2.45) is 5.41 Å². The summed E-state index contributed by atoms with van der Waals surface area (Å²) < 4.78 is 1.51. The lowest BCUT2D eigenvalue weighted by Gasteiger charge is -2.28. The number of hydrogen-bond acceptors (Lipinski definition) is 5. The van der Waals surface area contributed by atoms with E-state index in [2.05, 4.69) is 51.1 Å². The van der Waals surface area contributed by atoms with Gasteiger partial charge >= 0.3 is 0 Å². The largest absolute Gasteiger partial charge is 0.356 e. The zero-order chi connectivity index (χ0) is 21.0. The maximum atomic E-state index is 13.0. The molecule has 1 aliphatic heterocycles. The van der Waals surface area contributed by atoms with E-state index in [0.717, 1.165) is 5.56 Å². The van der Waals surface area contributed by atoms with Crippen LogP contribution >= 0.6 is 11.3 Å². The number of rotatable bonds is 7. The Morgan fingerprint density at radius 1 is 1.23 bits per heavy atom. The maximum absolute atomic E-state index is 13.0. The van der Waals surface area contributed by atoms with E-state index in [1.165, 1.54) is 27.8 Å². The van der Waals surface area contributed by atoms with Crippen molar-refractivity contribution in [1.82, 2.24) is 25.0 Å². The predicted molar refractivity (Wildman–Crippen MR) is 116 cm³/mol. The summed E-state index contributed by atoms with van der Waals surface area (Å²) in [5, 5.41) is 9.06. The summed E-state index contributed by atoms with van der Waals surface area (Å²) in [5.41, 5.74) is 1.67. The van der Waals surface area contributed by atoms with E-state index >= 15 is 0 Å². The standard InChI is InChI=1S/C22H25N5O2S/c1-2-24-21(29)22(9-10-26(14-22)20(28)13-27-16-23-15-25-27)12-17-5-7-18(8-6-17)19-4-3-11-30-19/h3-8,11,15-16H,2,9-10,12-14H2,1H3,(H,24,29). The second-order valence-corrected chi connectivity index (χ2v) is 8.60. The molecule has 156 valence electrons. The number of amides is 2. The van der Waals surface area contributed by atoms with Gasteiger partial charge in [-0.3, -0.25) is 9.59 Å². The molecule has 1 aliphatic rings. The van der Waals surface area contributed by atoms with Crippen LogP contribution in [0.25, 0.3) is 10.4 Å². The van der Waals surface area contributed by atoms with Gasteiger partial charge < -0.3 is 10.2 Å². The molecule has 1 fully saturated rings. The molecule has 0 saturated carbocycles. The number of likely N-dealkylation sites (tertiary alicyclic amines) is 1. The predicted octanol–water partition coefficient (Wildman–Crippen LogP) is 2.60. The van der Waals surface area contributed by atoms with Gasteiger partial charge in [0.2, 0.25) is 11.8 Å². The summed E-state index contributed by atoms with van der Waals surface area (Å²) in [4.78, 5) is 32.6. The smallest absolute Gasteiger partial charge is 0.244 e. The third-order valence-corrected chi connectivity index (χ3v) is 6.51. The van der Waals surface area contributed by atoms with Gasteiger partial charge in [0, 0.05) is 24.5 Å². The molecule has 7 nitrogen and oxygen atoms in total. The molecule has 3 heterocycles. The van der Waals surface area contributed by atoms with Crippen molar-refractivity contribution < 1.29 is 9.59 Å². The van der Waals surface area contributed by atoms with Crippen LogP contribution in [0.5, 0.6) is 0 Å². The summed E-state index contributed by atoms with van der Waals surface area (Å²) in [6, 6.07) is 12.5. The van der Waals surface area contributed by atoms with Gasteiger partial charge in [-0.25, -0.2) is 9.67 Å². The fraction of sp³-hybridized carbons (Fsp3) is 0.364. The van der Waals surface area contributed by atoms with Crippen molar-refractivity contribution in [2.75, 3.05) is 19.6 Å². The lowest BCUT2D eigenvalue weighted by Crippen LogP contribution is -2.45. The average Bonchev–Trinajstić information content (AvgIpc) is 3.51. The summed E-state index contributed by atoms with van der Waals surface area (Å²) >= 11 is 1.71. The second kappa shape index (κ2) is 8.79. The van der Waals surface area contributed by atoms with Crippen molar-refractivity contribution in [3.05, 3.63) is 60.0 Å². The fourth-order valence-corrected chi connectivity index (χ4v) is 4.75. The van der Waals surface area contributed by atoms with E-state index in [4.69, 9.17) is 0 Å². The monoisotopic (exact) mass is 423 g/mol. The molecule has 1 atom stereocenters. The molecular formula is C22H25N5O2S. The Hall–Kier alpha value is -3.00. The minimum Gasteiger partial charge on any atom is -0.356 e. The topological polar surface area (TPSA) is 80.1 Å². The van der Waals surface area contributed by atoms with Gasteiger partial charge in [-0.05, 0) is 42.3 Å². The molecule has 0 aliphatic carbocycles. The van der Waals surface area contributed by atoms with Gasteiger partial charge in [-0.15, -0.1) is 11.3 Å². The number of benzene rings is 1. The maximum Gasteiger partial charge on any atom is 0.244 e. The molecular weight excluding hydrogens is 398 g/mol. The van der Waals surface area contributed by atoms with Crippen LogP contribution in [0.2, 0.25) is 0 Å². The van der Waals surface area contributed by atoms with Crippen LogP contribution in [0.4, 0.5) is 0 Å². The summed E-state index contributed by atoms with van der Waals surface area (Å²) in [6.07, 6.45) is 4.20. The van der Waals surface area contributed by atoms with Crippen molar-refractivity contribution in [3.63, 3.8) is 0 Å². The van der Waals surface area contributed by atoms with Crippen LogP contribution in [0.3, 0.4) is 0 Å². The van der Waals surface area contributed by atoms with Crippen LogP contribution in [-0.4, -0.2) is 51.1 Å². The molecule has 0 spiro atoms. The number of hydrogen-bond donors (Lipinski definition) is 1. The van der Waals surface area contributed by atoms with Gasteiger partial charge in [-0.2, -0.15) is 5.10 Å². The molecule has 30 heavy (non-hydrogen) atoms. The summed E-state index contributed by atoms with van der Waals surface area (Å²) in [5.74, 6) is -0.0249. The van der Waals surface area contributed by atoms with Crippen LogP contribution in [0, 0.1) is 5.41 Å². The van der Waals surface area contributed by atoms with Crippen LogP contribution in [-0.2, 0) is 22.6 Å². The normalized spacial score (nSPS) is 18.5. The van der Waals surface area contributed by atoms with E-state index in [9.17, 15) is 9.59 Å². The Labute approximate surface area is 179 Å². The van der Waals surface area contributed by atoms with E-state index in [1.807, 2.05) is 13.0 Å². The van der Waals surface area contributed by atoms with E-state index in [0.29, 0.717) is 32.5 Å². The highest BCUT2D eigenvalue weighted by molar-refractivity contribution is 7.13. The van der Waals surface area contributed by atoms with Gasteiger partial charge in [0.1, 0.15) is 19.2 Å². The number of nitrogens with one attached hydrogen (secondary N) is 1. The van der Waals surface area contributed by atoms with E-state index < -0.39 is 5.41 Å². The van der Waals surface area contributed by atoms with Gasteiger partial charge in [0.05, 0.1) is 5.41 Å². The first-order chi connectivity index (χ1) is 14.6. The number of nitrogens with zero attached hydrogens (tertiary/aromatic N) is 4. The highest BCUT2D eigenvalue weighted by atomic mass is 32.1. The second-order valence-electron chi connectivity index (χ2n) is 7.65. The SMILES string of the molecule is CCNC(=O)C1(Cc2ccc(-c3cccs3)cc2)CCN(C(=O)Cn2cncn2)C1. The first-order valence-electron chi connectivity index (χ1n) is 10.1. The number of carbonyl (C=O) groups is 2. The highest BCUT2D eigenvalue weighted by Gasteiger charge is 2.45. The Balaban J connectivity index is 1.50. The quantitative estimate of drug-likeness (QED) is 0.634. The Morgan fingerprint density at radius 3 is 2.73 bits per heavy atom. The van der Waals surface area contributed by atoms with Crippen LogP contribution < -0.4 is 5.32 Å². The minimum absolute atomic E-state index is 0.0170. The Bertz CT molecular complexity index is 985. The Morgan fingerprint density at radius 2 is 2.07 bits per heavy atom. The van der Waals surface area contributed by atoms with Crippen molar-refractivity contribution in [3.8, 4) is 10.4 Å². The van der Waals surface area contributed by atoms with Crippen molar-refractivity contribution in [1.29, 1.82) is 0 Å². The third-order valence-electron chi connectivity index (χ3n) is 5.59.